The maximum absolute atomic E-state index is 13.6. The average molecular weight is 384 g/mol. The summed E-state index contributed by atoms with van der Waals surface area (Å²) in [7, 11) is 0. The van der Waals surface area contributed by atoms with E-state index in [1.807, 2.05) is 12.1 Å². The Morgan fingerprint density at radius 1 is 1.17 bits per heavy atom. The van der Waals surface area contributed by atoms with Crippen LogP contribution in [0.25, 0.3) is 6.08 Å². The number of halogens is 3. The maximum Gasteiger partial charge on any atom is 0.244 e. The van der Waals surface area contributed by atoms with Crippen LogP contribution in [0.1, 0.15) is 11.1 Å². The number of hydrogen-bond donors (Lipinski definition) is 1. The van der Waals surface area contributed by atoms with E-state index < -0.39 is 0 Å². The molecule has 0 heterocycles. The summed E-state index contributed by atoms with van der Waals surface area (Å²) in [5.41, 5.74) is 1.40. The molecule has 24 heavy (non-hydrogen) atoms. The summed E-state index contributed by atoms with van der Waals surface area (Å²) < 4.78 is 13.6. The van der Waals surface area contributed by atoms with Gasteiger partial charge in [-0.2, -0.15) is 11.8 Å². The van der Waals surface area contributed by atoms with Crippen LogP contribution in [0.5, 0.6) is 0 Å². The highest BCUT2D eigenvalue weighted by molar-refractivity contribution is 7.98. The molecular formula is C18H16Cl2FNOS. The second-order valence-corrected chi connectivity index (χ2v) is 6.88. The summed E-state index contributed by atoms with van der Waals surface area (Å²) in [6, 6.07) is 11.8. The number of benzene rings is 2. The van der Waals surface area contributed by atoms with E-state index in [-0.39, 0.29) is 11.7 Å². The third-order valence-corrected chi connectivity index (χ3v) is 4.74. The van der Waals surface area contributed by atoms with Gasteiger partial charge in [0.15, 0.2) is 0 Å². The predicted octanol–water partition coefficient (Wildman–Crippen LogP) is 5.20. The summed E-state index contributed by atoms with van der Waals surface area (Å²) in [6.45, 7) is 0.501. The number of rotatable bonds is 7. The van der Waals surface area contributed by atoms with Gasteiger partial charge in [0.05, 0.1) is 0 Å². The van der Waals surface area contributed by atoms with Gasteiger partial charge in [0.2, 0.25) is 5.91 Å². The molecule has 0 fully saturated rings. The molecule has 0 saturated carbocycles. The Balaban J connectivity index is 1.68. The van der Waals surface area contributed by atoms with Gasteiger partial charge in [-0.05, 0) is 35.9 Å². The molecular weight excluding hydrogens is 368 g/mol. The minimum absolute atomic E-state index is 0.172. The van der Waals surface area contributed by atoms with Crippen LogP contribution < -0.4 is 5.32 Å². The highest BCUT2D eigenvalue weighted by Crippen LogP contribution is 2.23. The highest BCUT2D eigenvalue weighted by atomic mass is 35.5. The quantitative estimate of drug-likeness (QED) is 0.526. The number of carbonyl (C=O) groups is 1. The van der Waals surface area contributed by atoms with Crippen LogP contribution in [0.2, 0.25) is 10.0 Å². The fourth-order valence-corrected chi connectivity index (χ4v) is 3.22. The Bertz CT molecular complexity index is 699. The molecule has 1 amide bonds. The lowest BCUT2D eigenvalue weighted by molar-refractivity contribution is -0.116. The van der Waals surface area contributed by atoms with Crippen molar-refractivity contribution < 1.29 is 9.18 Å². The minimum atomic E-state index is -0.301. The largest absolute Gasteiger partial charge is 0.352 e. The van der Waals surface area contributed by atoms with Crippen molar-refractivity contribution in [1.82, 2.24) is 5.32 Å². The lowest BCUT2D eigenvalue weighted by Crippen LogP contribution is -2.23. The van der Waals surface area contributed by atoms with Crippen molar-refractivity contribution in [1.29, 1.82) is 0 Å². The number of hydrogen-bond acceptors (Lipinski definition) is 2. The number of nitrogens with one attached hydrogen (secondary N) is 1. The Morgan fingerprint density at radius 3 is 2.62 bits per heavy atom. The highest BCUT2D eigenvalue weighted by Gasteiger charge is 2.06. The van der Waals surface area contributed by atoms with Crippen LogP contribution >= 0.6 is 35.0 Å². The second-order valence-electron chi connectivity index (χ2n) is 4.93. The van der Waals surface area contributed by atoms with E-state index in [0.717, 1.165) is 5.56 Å². The molecule has 0 aliphatic carbocycles. The Morgan fingerprint density at radius 2 is 1.92 bits per heavy atom. The third-order valence-electron chi connectivity index (χ3n) is 3.15. The third kappa shape index (κ3) is 6.19. The zero-order valence-corrected chi connectivity index (χ0v) is 15.1. The van der Waals surface area contributed by atoms with Crippen molar-refractivity contribution in [2.75, 3.05) is 12.3 Å². The van der Waals surface area contributed by atoms with Gasteiger partial charge in [-0.15, -0.1) is 0 Å². The molecule has 0 saturated heterocycles. The Kier molecular flexibility index (Phi) is 7.63. The lowest BCUT2D eigenvalue weighted by Gasteiger charge is -2.06. The van der Waals surface area contributed by atoms with E-state index in [9.17, 15) is 9.18 Å². The van der Waals surface area contributed by atoms with Gasteiger partial charge in [0.25, 0.3) is 0 Å². The summed E-state index contributed by atoms with van der Waals surface area (Å²) in [5, 5.41) is 3.86. The first-order chi connectivity index (χ1) is 11.6. The molecule has 0 spiro atoms. The first-order valence-corrected chi connectivity index (χ1v) is 9.19. The van der Waals surface area contributed by atoms with E-state index in [0.29, 0.717) is 33.7 Å². The SMILES string of the molecule is O=C(/C=C/c1ccc(Cl)cc1)NCCSCc1c(F)cccc1Cl. The molecule has 6 heteroatoms. The number of amides is 1. The van der Waals surface area contributed by atoms with Gasteiger partial charge in [-0.25, -0.2) is 4.39 Å². The molecule has 0 aromatic heterocycles. The van der Waals surface area contributed by atoms with Crippen LogP contribution in [-0.2, 0) is 10.5 Å². The van der Waals surface area contributed by atoms with E-state index in [1.54, 1.807) is 30.3 Å². The maximum atomic E-state index is 13.6. The zero-order valence-electron chi connectivity index (χ0n) is 12.8. The zero-order chi connectivity index (χ0) is 17.4. The standard InChI is InChI=1S/C18H16Cl2FNOS/c19-14-7-4-13(5-8-14)6-9-18(23)22-10-11-24-12-15-16(20)2-1-3-17(15)21/h1-9H,10-12H2,(H,22,23)/b9-6+. The summed E-state index contributed by atoms with van der Waals surface area (Å²) in [4.78, 5) is 11.7. The molecule has 126 valence electrons. The molecule has 2 aromatic carbocycles. The van der Waals surface area contributed by atoms with Crippen LogP contribution in [0.15, 0.2) is 48.5 Å². The van der Waals surface area contributed by atoms with Crippen molar-refractivity contribution in [2.24, 2.45) is 0 Å². The summed E-state index contributed by atoms with van der Waals surface area (Å²) in [5.74, 6) is 0.673. The smallest absolute Gasteiger partial charge is 0.244 e. The minimum Gasteiger partial charge on any atom is -0.352 e. The molecule has 0 bridgehead atoms. The van der Waals surface area contributed by atoms with Crippen molar-refractivity contribution in [3.63, 3.8) is 0 Å². The van der Waals surface area contributed by atoms with E-state index in [1.165, 1.54) is 23.9 Å². The number of carbonyl (C=O) groups excluding carboxylic acids is 1. The van der Waals surface area contributed by atoms with Crippen LogP contribution in [0.3, 0.4) is 0 Å². The predicted molar refractivity (Wildman–Crippen MR) is 101 cm³/mol. The molecule has 0 aliphatic heterocycles. The van der Waals surface area contributed by atoms with E-state index >= 15 is 0 Å². The fourth-order valence-electron chi connectivity index (χ4n) is 1.90. The van der Waals surface area contributed by atoms with Crippen molar-refractivity contribution in [2.45, 2.75) is 5.75 Å². The van der Waals surface area contributed by atoms with Crippen molar-refractivity contribution in [3.05, 3.63) is 75.5 Å². The average Bonchev–Trinajstić information content (AvgIpc) is 2.56. The van der Waals surface area contributed by atoms with E-state index in [2.05, 4.69) is 5.32 Å². The van der Waals surface area contributed by atoms with Crippen molar-refractivity contribution >= 4 is 46.9 Å². The molecule has 2 aromatic rings. The lowest BCUT2D eigenvalue weighted by atomic mass is 10.2. The first kappa shape index (κ1) is 18.8. The van der Waals surface area contributed by atoms with E-state index in [4.69, 9.17) is 23.2 Å². The first-order valence-electron chi connectivity index (χ1n) is 7.28. The van der Waals surface area contributed by atoms with Crippen LogP contribution in [0.4, 0.5) is 4.39 Å². The second kappa shape index (κ2) is 9.72. The van der Waals surface area contributed by atoms with Gasteiger partial charge >= 0.3 is 0 Å². The van der Waals surface area contributed by atoms with Gasteiger partial charge in [0, 0.05) is 39.7 Å². The molecule has 2 nitrogen and oxygen atoms in total. The Hall–Kier alpha value is -1.49. The molecule has 1 N–H and O–H groups in total. The normalized spacial score (nSPS) is 11.0. The molecule has 0 atom stereocenters. The van der Waals surface area contributed by atoms with Gasteiger partial charge < -0.3 is 5.32 Å². The van der Waals surface area contributed by atoms with Crippen LogP contribution in [-0.4, -0.2) is 18.2 Å². The molecule has 0 unspecified atom stereocenters. The van der Waals surface area contributed by atoms with Gasteiger partial charge in [-0.1, -0.05) is 41.4 Å². The molecule has 0 radical (unpaired) electrons. The van der Waals surface area contributed by atoms with Gasteiger partial charge in [0.1, 0.15) is 5.82 Å². The van der Waals surface area contributed by atoms with Crippen LogP contribution in [0, 0.1) is 5.82 Å². The van der Waals surface area contributed by atoms with Gasteiger partial charge in [-0.3, -0.25) is 4.79 Å². The monoisotopic (exact) mass is 383 g/mol. The topological polar surface area (TPSA) is 29.1 Å². The fraction of sp³-hybridized carbons (Fsp3) is 0.167. The Labute approximate surface area is 155 Å². The summed E-state index contributed by atoms with van der Waals surface area (Å²) in [6.07, 6.45) is 3.19. The number of thioether (sulfide) groups is 1. The molecule has 2 rings (SSSR count). The van der Waals surface area contributed by atoms with Crippen molar-refractivity contribution in [3.8, 4) is 0 Å². The summed E-state index contributed by atoms with van der Waals surface area (Å²) >= 11 is 13.3. The molecule has 0 aliphatic rings.